The van der Waals surface area contributed by atoms with E-state index in [1.807, 2.05) is 48.5 Å². The van der Waals surface area contributed by atoms with Crippen LogP contribution in [0, 0.1) is 5.92 Å². The molecule has 222 valence electrons. The van der Waals surface area contributed by atoms with Crippen molar-refractivity contribution in [3.8, 4) is 0 Å². The van der Waals surface area contributed by atoms with Crippen molar-refractivity contribution in [2.45, 2.75) is 63.4 Å². The molecule has 1 fully saturated rings. The first-order valence-electron chi connectivity index (χ1n) is 13.6. The fourth-order valence-electron chi connectivity index (χ4n) is 4.61. The lowest BCUT2D eigenvalue weighted by molar-refractivity contribution is -0.268. The molecule has 1 saturated heterocycles. The normalized spacial score (nSPS) is 20.9. The maximum atomic E-state index is 12.2. The highest BCUT2D eigenvalue weighted by molar-refractivity contribution is 7.99. The first-order valence-corrected chi connectivity index (χ1v) is 14.6. The minimum Gasteiger partial charge on any atom is -0.478 e. The molecule has 1 amide bonds. The van der Waals surface area contributed by atoms with Crippen molar-refractivity contribution in [1.29, 1.82) is 0 Å². The smallest absolute Gasteiger partial charge is 0.335 e. The highest BCUT2D eigenvalue weighted by Gasteiger charge is 2.38. The topological polar surface area (TPSA) is 131 Å². The molecule has 0 aliphatic carbocycles. The van der Waals surface area contributed by atoms with Crippen LogP contribution in [0.1, 0.15) is 65.8 Å². The Morgan fingerprint density at radius 1 is 0.929 bits per heavy atom. The summed E-state index contributed by atoms with van der Waals surface area (Å²) in [7, 11) is 0. The van der Waals surface area contributed by atoms with Gasteiger partial charge >= 0.3 is 11.9 Å². The van der Waals surface area contributed by atoms with E-state index in [9.17, 15) is 24.6 Å². The Bertz CT molecular complexity index is 1360. The average Bonchev–Trinajstić information content (AvgIpc) is 2.99. The van der Waals surface area contributed by atoms with Crippen molar-refractivity contribution >= 4 is 29.6 Å². The zero-order valence-electron chi connectivity index (χ0n) is 23.7. The minimum atomic E-state index is -0.962. The predicted molar refractivity (Wildman–Crippen MR) is 157 cm³/mol. The number of carboxylic acid groups (broad SMARTS) is 1. The van der Waals surface area contributed by atoms with Gasteiger partial charge in [-0.3, -0.25) is 9.59 Å². The number of rotatable bonds is 11. The predicted octanol–water partition coefficient (Wildman–Crippen LogP) is 5.03. The Balaban J connectivity index is 1.48. The first-order chi connectivity index (χ1) is 20.1. The number of carbonyl (C=O) groups excluding carboxylic acids is 2. The van der Waals surface area contributed by atoms with E-state index >= 15 is 0 Å². The number of amides is 1. The third kappa shape index (κ3) is 8.19. The highest BCUT2D eigenvalue weighted by atomic mass is 32.2. The Kier molecular flexibility index (Phi) is 10.8. The van der Waals surface area contributed by atoms with E-state index in [0.717, 1.165) is 27.1 Å². The molecule has 42 heavy (non-hydrogen) atoms. The second kappa shape index (κ2) is 14.5. The van der Waals surface area contributed by atoms with Crippen molar-refractivity contribution in [1.82, 2.24) is 5.32 Å². The number of aliphatic hydroxyl groups excluding tert-OH is 1. The number of carbonyl (C=O) groups is 3. The molecule has 0 radical (unpaired) electrons. The summed E-state index contributed by atoms with van der Waals surface area (Å²) in [5.41, 5.74) is 3.72. The van der Waals surface area contributed by atoms with Gasteiger partial charge in [0.2, 0.25) is 0 Å². The Morgan fingerprint density at radius 2 is 1.55 bits per heavy atom. The van der Waals surface area contributed by atoms with Crippen LogP contribution in [-0.2, 0) is 37.0 Å². The van der Waals surface area contributed by atoms with Gasteiger partial charge in [0.15, 0.2) is 12.4 Å². The van der Waals surface area contributed by atoms with Gasteiger partial charge in [-0.25, -0.2) is 4.79 Å². The van der Waals surface area contributed by atoms with E-state index in [1.165, 1.54) is 13.8 Å². The number of thioether (sulfide) groups is 1. The van der Waals surface area contributed by atoms with Crippen LogP contribution in [0.2, 0.25) is 0 Å². The molecule has 0 bridgehead atoms. The van der Waals surface area contributed by atoms with E-state index < -0.39 is 24.3 Å². The molecule has 10 heteroatoms. The quantitative estimate of drug-likeness (QED) is 0.207. The molecule has 1 aliphatic heterocycles. The van der Waals surface area contributed by atoms with Gasteiger partial charge in [0, 0.05) is 35.6 Å². The second-order valence-corrected chi connectivity index (χ2v) is 11.3. The lowest BCUT2D eigenvalue weighted by atomic mass is 9.91. The number of hydrogen-bond donors (Lipinski definition) is 3. The maximum Gasteiger partial charge on any atom is 0.335 e. The molecular formula is C32H35NO8S. The molecule has 4 rings (SSSR count). The van der Waals surface area contributed by atoms with Crippen LogP contribution in [0.4, 0.5) is 0 Å². The van der Waals surface area contributed by atoms with Crippen LogP contribution in [0.15, 0.2) is 77.7 Å². The Labute approximate surface area is 249 Å². The van der Waals surface area contributed by atoms with Crippen LogP contribution in [0.25, 0.3) is 0 Å². The number of hydrogen-bond acceptors (Lipinski definition) is 8. The van der Waals surface area contributed by atoms with Gasteiger partial charge in [0.05, 0.1) is 24.4 Å². The molecule has 0 spiro atoms. The van der Waals surface area contributed by atoms with E-state index in [0.29, 0.717) is 5.75 Å². The molecule has 1 heterocycles. The van der Waals surface area contributed by atoms with E-state index in [2.05, 4.69) is 12.2 Å². The van der Waals surface area contributed by atoms with E-state index in [4.69, 9.17) is 14.2 Å². The number of benzene rings is 3. The molecule has 3 aromatic carbocycles. The zero-order valence-corrected chi connectivity index (χ0v) is 24.5. The van der Waals surface area contributed by atoms with Crippen molar-refractivity contribution in [2.24, 2.45) is 5.92 Å². The summed E-state index contributed by atoms with van der Waals surface area (Å²) in [5, 5.41) is 21.4. The monoisotopic (exact) mass is 593 g/mol. The third-order valence-electron chi connectivity index (χ3n) is 7.07. The molecule has 9 nitrogen and oxygen atoms in total. The number of nitrogens with one attached hydrogen (secondary N) is 1. The van der Waals surface area contributed by atoms with Crippen molar-refractivity contribution in [2.75, 3.05) is 5.75 Å². The van der Waals surface area contributed by atoms with Crippen LogP contribution < -0.4 is 5.32 Å². The summed E-state index contributed by atoms with van der Waals surface area (Å²) in [6.45, 7) is 5.10. The van der Waals surface area contributed by atoms with E-state index in [-0.39, 0.29) is 42.7 Å². The lowest BCUT2D eigenvalue weighted by Gasteiger charge is -2.41. The summed E-state index contributed by atoms with van der Waals surface area (Å²) in [5.74, 6) is -1.23. The standard InChI is InChI=1S/C32H35NO8S/c1-19-28(18-42-27-14-12-25(13-15-27)31(37)38)40-32(41-29(19)24-8-6-23(17-34)7-9-24)26-10-4-22(5-11-26)16-33-30(36)20(2)39-21(3)35/h4-15,19-20,28-29,32,34H,16-18H2,1-3H3,(H,33,36)(H,37,38)/t19-,20+,28+,29+,32+/m1/s1. The Morgan fingerprint density at radius 3 is 2.14 bits per heavy atom. The number of ether oxygens (including phenoxy) is 3. The van der Waals surface area contributed by atoms with Crippen LogP contribution in [-0.4, -0.2) is 46.0 Å². The van der Waals surface area contributed by atoms with Gasteiger partial charge in [-0.2, -0.15) is 0 Å². The van der Waals surface area contributed by atoms with E-state index in [1.54, 1.807) is 36.0 Å². The summed E-state index contributed by atoms with van der Waals surface area (Å²) >= 11 is 1.59. The fourth-order valence-corrected chi connectivity index (χ4v) is 5.68. The molecule has 0 aromatic heterocycles. The van der Waals surface area contributed by atoms with Crippen LogP contribution >= 0.6 is 11.8 Å². The largest absolute Gasteiger partial charge is 0.478 e. The summed E-state index contributed by atoms with van der Waals surface area (Å²) in [6, 6.07) is 22.0. The number of carboxylic acids is 1. The first kappa shape index (κ1) is 31.2. The second-order valence-electron chi connectivity index (χ2n) is 10.2. The Hall–Kier alpha value is -3.70. The molecule has 1 aliphatic rings. The molecule has 5 atom stereocenters. The molecule has 3 aromatic rings. The van der Waals surface area contributed by atoms with Gasteiger partial charge in [-0.05, 0) is 47.9 Å². The summed E-state index contributed by atoms with van der Waals surface area (Å²) in [4.78, 5) is 35.4. The SMILES string of the molecule is CC(=O)O[C@@H](C)C(=O)NCc1ccc([C@H]2O[C@@H](CSc3ccc(C(=O)O)cc3)[C@@H](C)[C@@H](c3ccc(CO)cc3)O2)cc1. The minimum absolute atomic E-state index is 0.000663. The van der Waals surface area contributed by atoms with Crippen LogP contribution in [0.3, 0.4) is 0 Å². The van der Waals surface area contributed by atoms with Gasteiger partial charge < -0.3 is 29.7 Å². The number of aromatic carboxylic acids is 1. The maximum absolute atomic E-state index is 12.2. The molecular weight excluding hydrogens is 558 g/mol. The lowest BCUT2D eigenvalue weighted by Crippen LogP contribution is -2.38. The number of aliphatic hydroxyl groups is 1. The highest BCUT2D eigenvalue weighted by Crippen LogP contribution is 2.43. The molecule has 0 saturated carbocycles. The molecule has 3 N–H and O–H groups in total. The van der Waals surface area contributed by atoms with Gasteiger partial charge in [-0.1, -0.05) is 55.5 Å². The van der Waals surface area contributed by atoms with Gasteiger partial charge in [0.1, 0.15) is 0 Å². The molecule has 0 unspecified atom stereocenters. The number of esters is 1. The van der Waals surface area contributed by atoms with Crippen molar-refractivity contribution in [3.05, 3.63) is 101 Å². The summed E-state index contributed by atoms with van der Waals surface area (Å²) in [6.07, 6.45) is -1.97. The summed E-state index contributed by atoms with van der Waals surface area (Å²) < 4.78 is 17.9. The van der Waals surface area contributed by atoms with Crippen molar-refractivity contribution in [3.63, 3.8) is 0 Å². The van der Waals surface area contributed by atoms with Gasteiger partial charge in [-0.15, -0.1) is 11.8 Å². The van der Waals surface area contributed by atoms with Crippen molar-refractivity contribution < 1.29 is 38.8 Å². The van der Waals surface area contributed by atoms with Gasteiger partial charge in [0.25, 0.3) is 5.91 Å². The van der Waals surface area contributed by atoms with Crippen LogP contribution in [0.5, 0.6) is 0 Å². The average molecular weight is 594 g/mol. The third-order valence-corrected chi connectivity index (χ3v) is 8.17. The zero-order chi connectivity index (χ0) is 30.2. The fraction of sp³-hybridized carbons (Fsp3) is 0.344.